The van der Waals surface area contributed by atoms with Crippen LogP contribution in [-0.2, 0) is 16.3 Å². The first-order chi connectivity index (χ1) is 6.36. The fraction of sp³-hybridized carbons (Fsp3) is 0.250. The van der Waals surface area contributed by atoms with E-state index in [1.165, 1.54) is 0 Å². The largest absolute Gasteiger partial charge is 0.391 e. The second-order valence-electron chi connectivity index (χ2n) is 2.87. The number of hydrogen-bond acceptors (Lipinski definition) is 3. The van der Waals surface area contributed by atoms with Crippen LogP contribution >= 0.6 is 0 Å². The highest BCUT2D eigenvalue weighted by atomic mass is 32.2. The highest BCUT2D eigenvalue weighted by Crippen LogP contribution is 2.18. The SMILES string of the molecule is CS(=N)(=O)c1cc(F)c(CO)c(F)c1. The van der Waals surface area contributed by atoms with Gasteiger partial charge in [-0.25, -0.2) is 17.8 Å². The molecule has 2 N–H and O–H groups in total. The van der Waals surface area contributed by atoms with Crippen LogP contribution in [0.2, 0.25) is 0 Å². The maximum Gasteiger partial charge on any atom is 0.132 e. The van der Waals surface area contributed by atoms with Gasteiger partial charge in [0.25, 0.3) is 0 Å². The molecule has 0 saturated carbocycles. The summed E-state index contributed by atoms with van der Waals surface area (Å²) in [6.07, 6.45) is 1.07. The highest BCUT2D eigenvalue weighted by Gasteiger charge is 2.13. The van der Waals surface area contributed by atoms with Gasteiger partial charge in [0.05, 0.1) is 21.2 Å². The van der Waals surface area contributed by atoms with Crippen molar-refractivity contribution in [2.24, 2.45) is 0 Å². The van der Waals surface area contributed by atoms with E-state index in [2.05, 4.69) is 0 Å². The molecule has 1 aromatic carbocycles. The summed E-state index contributed by atoms with van der Waals surface area (Å²) in [6.45, 7) is -0.763. The molecule has 1 rings (SSSR count). The monoisotopic (exact) mass is 221 g/mol. The van der Waals surface area contributed by atoms with Crippen molar-refractivity contribution in [3.05, 3.63) is 29.3 Å². The summed E-state index contributed by atoms with van der Waals surface area (Å²) < 4.78 is 44.4. The molecule has 14 heavy (non-hydrogen) atoms. The molecule has 0 aliphatic carbocycles. The molecule has 0 amide bonds. The van der Waals surface area contributed by atoms with Gasteiger partial charge in [0.1, 0.15) is 11.6 Å². The van der Waals surface area contributed by atoms with Crippen LogP contribution in [0.15, 0.2) is 17.0 Å². The Labute approximate surface area is 80.4 Å². The number of benzene rings is 1. The van der Waals surface area contributed by atoms with E-state index in [-0.39, 0.29) is 4.90 Å². The molecule has 0 aliphatic rings. The van der Waals surface area contributed by atoms with Crippen molar-refractivity contribution >= 4 is 9.73 Å². The number of rotatable bonds is 2. The summed E-state index contributed by atoms with van der Waals surface area (Å²) >= 11 is 0. The molecule has 0 heterocycles. The third kappa shape index (κ3) is 2.08. The zero-order valence-corrected chi connectivity index (χ0v) is 8.20. The van der Waals surface area contributed by atoms with Gasteiger partial charge in [-0.15, -0.1) is 0 Å². The normalized spacial score (nSPS) is 15.1. The van der Waals surface area contributed by atoms with Crippen molar-refractivity contribution in [1.82, 2.24) is 0 Å². The van der Waals surface area contributed by atoms with Gasteiger partial charge >= 0.3 is 0 Å². The van der Waals surface area contributed by atoms with Gasteiger partial charge in [-0.1, -0.05) is 0 Å². The Morgan fingerprint density at radius 3 is 2.14 bits per heavy atom. The molecule has 0 saturated heterocycles. The van der Waals surface area contributed by atoms with Crippen LogP contribution in [0.4, 0.5) is 8.78 Å². The van der Waals surface area contributed by atoms with Gasteiger partial charge in [-0.3, -0.25) is 0 Å². The third-order valence-electron chi connectivity index (χ3n) is 1.72. The summed E-state index contributed by atoms with van der Waals surface area (Å²) in [4.78, 5) is -0.218. The van der Waals surface area contributed by atoms with E-state index in [9.17, 15) is 13.0 Å². The standard InChI is InChI=1S/C8H9F2NO2S/c1-14(11,13)5-2-7(9)6(4-12)8(10)3-5/h2-3,11-12H,4H2,1H3. The van der Waals surface area contributed by atoms with Gasteiger partial charge in [0.15, 0.2) is 0 Å². The van der Waals surface area contributed by atoms with Crippen LogP contribution in [0.1, 0.15) is 5.56 Å². The first-order valence-corrected chi connectivity index (χ1v) is 5.65. The Kier molecular flexibility index (Phi) is 2.86. The Morgan fingerprint density at radius 1 is 1.43 bits per heavy atom. The quantitative estimate of drug-likeness (QED) is 0.794. The molecular weight excluding hydrogens is 212 g/mol. The second kappa shape index (κ2) is 3.62. The first-order valence-electron chi connectivity index (χ1n) is 3.69. The number of halogens is 2. The van der Waals surface area contributed by atoms with Gasteiger partial charge in [-0.05, 0) is 12.1 Å². The van der Waals surface area contributed by atoms with Gasteiger partial charge in [0.2, 0.25) is 0 Å². The summed E-state index contributed by atoms with van der Waals surface area (Å²) in [7, 11) is -3.13. The molecule has 0 aromatic heterocycles. The van der Waals surface area contributed by atoms with Crippen LogP contribution < -0.4 is 0 Å². The zero-order valence-electron chi connectivity index (χ0n) is 7.38. The first kappa shape index (κ1) is 11.1. The number of hydrogen-bond donors (Lipinski definition) is 2. The van der Waals surface area contributed by atoms with Gasteiger partial charge in [-0.2, -0.15) is 0 Å². The van der Waals surface area contributed by atoms with E-state index in [0.717, 1.165) is 18.4 Å². The Morgan fingerprint density at radius 2 is 1.86 bits per heavy atom. The van der Waals surface area contributed by atoms with Gasteiger partial charge < -0.3 is 5.11 Å². The van der Waals surface area contributed by atoms with E-state index in [1.807, 2.05) is 0 Å². The predicted octanol–water partition coefficient (Wildman–Crippen LogP) is 1.49. The molecule has 3 nitrogen and oxygen atoms in total. The topological polar surface area (TPSA) is 61.2 Å². The number of nitrogens with one attached hydrogen (secondary N) is 1. The molecule has 0 bridgehead atoms. The zero-order chi connectivity index (χ0) is 10.9. The second-order valence-corrected chi connectivity index (χ2v) is 5.03. The van der Waals surface area contributed by atoms with Crippen LogP contribution in [0.25, 0.3) is 0 Å². The molecular formula is C8H9F2NO2S. The average molecular weight is 221 g/mol. The summed E-state index contributed by atoms with van der Waals surface area (Å²) in [5, 5.41) is 8.59. The molecule has 78 valence electrons. The summed E-state index contributed by atoms with van der Waals surface area (Å²) in [5.74, 6) is -1.96. The predicted molar refractivity (Wildman–Crippen MR) is 47.3 cm³/mol. The average Bonchev–Trinajstić information content (AvgIpc) is 2.01. The smallest absolute Gasteiger partial charge is 0.132 e. The van der Waals surface area contributed by atoms with Crippen molar-refractivity contribution in [2.75, 3.05) is 6.26 Å². The van der Waals surface area contributed by atoms with E-state index in [4.69, 9.17) is 9.89 Å². The van der Waals surface area contributed by atoms with Crippen molar-refractivity contribution in [3.63, 3.8) is 0 Å². The number of aliphatic hydroxyl groups excluding tert-OH is 1. The molecule has 0 fully saturated rings. The molecule has 0 aliphatic heterocycles. The van der Waals surface area contributed by atoms with Crippen molar-refractivity contribution < 1.29 is 18.1 Å². The maximum absolute atomic E-state index is 13.0. The minimum Gasteiger partial charge on any atom is -0.391 e. The van der Waals surface area contributed by atoms with Gasteiger partial charge in [0, 0.05) is 11.8 Å². The Balaban J connectivity index is 3.43. The van der Waals surface area contributed by atoms with Crippen LogP contribution in [0, 0.1) is 16.4 Å². The van der Waals surface area contributed by atoms with E-state index in [1.54, 1.807) is 0 Å². The molecule has 0 radical (unpaired) electrons. The minimum absolute atomic E-state index is 0.218. The van der Waals surface area contributed by atoms with Crippen LogP contribution in [0.5, 0.6) is 0 Å². The van der Waals surface area contributed by atoms with E-state index < -0.39 is 33.5 Å². The lowest BCUT2D eigenvalue weighted by molar-refractivity contribution is 0.268. The van der Waals surface area contributed by atoms with Crippen molar-refractivity contribution in [3.8, 4) is 0 Å². The van der Waals surface area contributed by atoms with Crippen molar-refractivity contribution in [1.29, 1.82) is 4.78 Å². The maximum atomic E-state index is 13.0. The van der Waals surface area contributed by atoms with Crippen LogP contribution in [-0.4, -0.2) is 15.6 Å². The molecule has 0 spiro atoms. The molecule has 1 aromatic rings. The Hall–Kier alpha value is -1.01. The number of aliphatic hydroxyl groups is 1. The highest BCUT2D eigenvalue weighted by molar-refractivity contribution is 7.91. The third-order valence-corrected chi connectivity index (χ3v) is 2.86. The van der Waals surface area contributed by atoms with E-state index >= 15 is 0 Å². The lowest BCUT2D eigenvalue weighted by atomic mass is 10.2. The Bertz CT molecular complexity index is 433. The molecule has 1 unspecified atom stereocenters. The minimum atomic E-state index is -3.13. The van der Waals surface area contributed by atoms with Crippen molar-refractivity contribution in [2.45, 2.75) is 11.5 Å². The lowest BCUT2D eigenvalue weighted by Crippen LogP contribution is -2.01. The van der Waals surface area contributed by atoms with E-state index in [0.29, 0.717) is 0 Å². The molecule has 6 heteroatoms. The fourth-order valence-corrected chi connectivity index (χ4v) is 1.61. The van der Waals surface area contributed by atoms with Crippen LogP contribution in [0.3, 0.4) is 0 Å². The summed E-state index contributed by atoms with van der Waals surface area (Å²) in [6, 6.07) is 1.62. The summed E-state index contributed by atoms with van der Waals surface area (Å²) in [5.41, 5.74) is -0.475. The fourth-order valence-electron chi connectivity index (χ4n) is 0.956. The lowest BCUT2D eigenvalue weighted by Gasteiger charge is -2.05. The molecule has 1 atom stereocenters.